The molecule has 0 aliphatic rings. The van der Waals surface area contributed by atoms with E-state index in [4.69, 9.17) is 10.00 Å². The Bertz CT molecular complexity index is 988. The van der Waals surface area contributed by atoms with Gasteiger partial charge in [0.2, 0.25) is 5.78 Å². The lowest BCUT2D eigenvalue weighted by molar-refractivity contribution is -0.141. The van der Waals surface area contributed by atoms with Crippen molar-refractivity contribution in [3.63, 3.8) is 0 Å². The van der Waals surface area contributed by atoms with E-state index in [1.54, 1.807) is 24.3 Å². The molecule has 0 bridgehead atoms. The predicted molar refractivity (Wildman–Crippen MR) is 95.4 cm³/mol. The Hall–Kier alpha value is -3.52. The van der Waals surface area contributed by atoms with Crippen LogP contribution in [0.1, 0.15) is 27.3 Å². The number of ketones is 1. The van der Waals surface area contributed by atoms with Crippen LogP contribution in [0.4, 0.5) is 13.2 Å². The lowest BCUT2D eigenvalue weighted by Gasteiger charge is -2.12. The first-order chi connectivity index (χ1) is 13.2. The first kappa shape index (κ1) is 20.8. The molecule has 1 heterocycles. The monoisotopic (exact) mass is 387 g/mol. The van der Waals surface area contributed by atoms with Gasteiger partial charge < -0.3 is 9.30 Å². The van der Waals surface area contributed by atoms with Crippen molar-refractivity contribution < 1.29 is 22.7 Å². The number of nitrogens with zero attached hydrogens (tertiary/aromatic N) is 3. The second-order valence-corrected chi connectivity index (χ2v) is 6.00. The molecule has 1 aromatic carbocycles. The van der Waals surface area contributed by atoms with Crippen LogP contribution in [0.5, 0.6) is 5.75 Å². The molecule has 0 aliphatic carbocycles. The van der Waals surface area contributed by atoms with Crippen LogP contribution >= 0.6 is 0 Å². The fourth-order valence-corrected chi connectivity index (χ4v) is 2.69. The number of aromatic nitrogens is 1. The Labute approximate surface area is 159 Å². The predicted octanol–water partition coefficient (Wildman–Crippen LogP) is 4.36. The number of ether oxygens (including phenoxy) is 1. The van der Waals surface area contributed by atoms with Gasteiger partial charge >= 0.3 is 6.18 Å². The third kappa shape index (κ3) is 5.01. The maximum atomic E-state index is 12.7. The van der Waals surface area contributed by atoms with Gasteiger partial charge in [-0.2, -0.15) is 23.7 Å². The molecular weight excluding hydrogens is 371 g/mol. The number of allylic oxidation sites excluding steroid dienone is 1. The zero-order valence-electron chi connectivity index (χ0n) is 15.2. The van der Waals surface area contributed by atoms with E-state index >= 15 is 0 Å². The molecule has 0 atom stereocenters. The molecule has 2 aromatic rings. The number of nitriles is 2. The molecule has 2 rings (SSSR count). The molecule has 8 heteroatoms. The average Bonchev–Trinajstić information content (AvgIpc) is 2.91. The van der Waals surface area contributed by atoms with Crippen molar-refractivity contribution in [2.24, 2.45) is 0 Å². The molecule has 0 saturated heterocycles. The van der Waals surface area contributed by atoms with Crippen molar-refractivity contribution in [2.75, 3.05) is 6.61 Å². The van der Waals surface area contributed by atoms with E-state index < -0.39 is 18.5 Å². The molecule has 0 spiro atoms. The number of Topliss-reactive ketones (excluding diaryl/α,β-unsaturated/α-hetero) is 1. The van der Waals surface area contributed by atoms with Gasteiger partial charge in [0.15, 0.2) is 6.61 Å². The van der Waals surface area contributed by atoms with Crippen LogP contribution in [0.2, 0.25) is 0 Å². The largest absolute Gasteiger partial charge is 0.479 e. The van der Waals surface area contributed by atoms with Gasteiger partial charge in [0.25, 0.3) is 0 Å². The quantitative estimate of drug-likeness (QED) is 0.419. The summed E-state index contributed by atoms with van der Waals surface area (Å²) in [5.74, 6) is -0.187. The minimum atomic E-state index is -4.42. The topological polar surface area (TPSA) is 78.8 Å². The van der Waals surface area contributed by atoms with E-state index in [1.165, 1.54) is 26.0 Å². The molecule has 144 valence electrons. The van der Waals surface area contributed by atoms with Crippen molar-refractivity contribution >= 4 is 11.9 Å². The Morgan fingerprint density at radius 3 is 2.39 bits per heavy atom. The summed E-state index contributed by atoms with van der Waals surface area (Å²) < 4.78 is 44.3. The van der Waals surface area contributed by atoms with Crippen LogP contribution < -0.4 is 4.74 Å². The van der Waals surface area contributed by atoms with Gasteiger partial charge in [-0.05, 0) is 43.7 Å². The average molecular weight is 387 g/mol. The summed E-state index contributed by atoms with van der Waals surface area (Å²) in [7, 11) is 0. The minimum absolute atomic E-state index is 0.0588. The number of aryl methyl sites for hydroxylation is 1. The third-order valence-electron chi connectivity index (χ3n) is 4.02. The first-order valence-electron chi connectivity index (χ1n) is 8.16. The summed E-state index contributed by atoms with van der Waals surface area (Å²) in [5, 5.41) is 17.8. The van der Waals surface area contributed by atoms with Crippen molar-refractivity contribution in [1.29, 1.82) is 10.5 Å². The summed E-state index contributed by atoms with van der Waals surface area (Å²) in [5.41, 5.74) is 0.843. The molecule has 1 aromatic heterocycles. The Kier molecular flexibility index (Phi) is 6.27. The second-order valence-electron chi connectivity index (χ2n) is 6.00. The molecule has 0 aliphatic heterocycles. The molecule has 0 saturated carbocycles. The van der Waals surface area contributed by atoms with Crippen molar-refractivity contribution in [1.82, 2.24) is 4.57 Å². The highest BCUT2D eigenvalue weighted by Gasteiger charge is 2.30. The molecular formula is C20H16F3N3O2. The van der Waals surface area contributed by atoms with Gasteiger partial charge in [-0.3, -0.25) is 4.79 Å². The maximum absolute atomic E-state index is 12.7. The first-order valence-corrected chi connectivity index (χ1v) is 8.16. The van der Waals surface area contributed by atoms with Crippen LogP contribution in [0.25, 0.3) is 6.08 Å². The second kappa shape index (κ2) is 8.45. The number of carbonyl (C=O) groups is 1. The summed E-state index contributed by atoms with van der Waals surface area (Å²) in [6.07, 6.45) is -3.07. The van der Waals surface area contributed by atoms with Crippen molar-refractivity contribution in [3.05, 3.63) is 58.4 Å². The third-order valence-corrected chi connectivity index (χ3v) is 4.02. The SMILES string of the molecule is Cc1cc(C(=O)/C(C#N)=C/c2ccc(OCC#N)cc2)c(C)n1CC(F)(F)F. The number of carbonyl (C=O) groups excluding carboxylic acids is 1. The Morgan fingerprint density at radius 2 is 1.86 bits per heavy atom. The molecule has 0 fully saturated rings. The van der Waals surface area contributed by atoms with Crippen molar-refractivity contribution in [2.45, 2.75) is 26.6 Å². The number of alkyl halides is 3. The highest BCUT2D eigenvalue weighted by molar-refractivity contribution is 6.14. The van der Waals surface area contributed by atoms with E-state index in [9.17, 15) is 23.2 Å². The summed E-state index contributed by atoms with van der Waals surface area (Å²) in [4.78, 5) is 12.7. The number of hydrogen-bond acceptors (Lipinski definition) is 4. The van der Waals surface area contributed by atoms with Crippen LogP contribution in [0, 0.1) is 36.5 Å². The zero-order chi connectivity index (χ0) is 20.9. The Balaban J connectivity index is 2.31. The van der Waals surface area contributed by atoms with Gasteiger partial charge in [0.05, 0.1) is 0 Å². The van der Waals surface area contributed by atoms with Gasteiger partial charge in [0, 0.05) is 17.0 Å². The van der Waals surface area contributed by atoms with Gasteiger partial charge in [0.1, 0.15) is 30.0 Å². The van der Waals surface area contributed by atoms with E-state index in [2.05, 4.69) is 0 Å². The normalized spacial score (nSPS) is 11.6. The van der Waals surface area contributed by atoms with Gasteiger partial charge in [-0.15, -0.1) is 0 Å². The van der Waals surface area contributed by atoms with Crippen LogP contribution in [0.15, 0.2) is 35.9 Å². The smallest absolute Gasteiger partial charge is 0.406 e. The fraction of sp³-hybridized carbons (Fsp3) is 0.250. The maximum Gasteiger partial charge on any atom is 0.406 e. The lowest BCUT2D eigenvalue weighted by Crippen LogP contribution is -2.19. The van der Waals surface area contributed by atoms with E-state index in [1.807, 2.05) is 12.1 Å². The summed E-state index contributed by atoms with van der Waals surface area (Å²) in [6, 6.07) is 11.4. The number of benzene rings is 1. The van der Waals surface area contributed by atoms with Crippen molar-refractivity contribution in [3.8, 4) is 17.9 Å². The fourth-order valence-electron chi connectivity index (χ4n) is 2.69. The van der Waals surface area contributed by atoms with Gasteiger partial charge in [-0.25, -0.2) is 0 Å². The van der Waals surface area contributed by atoms with E-state index in [0.717, 1.165) is 4.57 Å². The van der Waals surface area contributed by atoms with E-state index in [-0.39, 0.29) is 29.1 Å². The Morgan fingerprint density at radius 1 is 1.21 bits per heavy atom. The molecule has 0 radical (unpaired) electrons. The standard InChI is InChI=1S/C20H16F3N3O2/c1-13-9-18(14(2)26(13)12-20(21,22)23)19(27)16(11-25)10-15-3-5-17(6-4-15)28-8-7-24/h3-6,9-10H,8,12H2,1-2H3/b16-10+. The van der Waals surface area contributed by atoms with Crippen LogP contribution in [0.3, 0.4) is 0 Å². The number of halogens is 3. The van der Waals surface area contributed by atoms with E-state index in [0.29, 0.717) is 11.3 Å². The minimum Gasteiger partial charge on any atom is -0.479 e. The molecule has 0 unspecified atom stereocenters. The number of hydrogen-bond donors (Lipinski definition) is 0. The summed E-state index contributed by atoms with van der Waals surface area (Å²) in [6.45, 7) is 1.59. The van der Waals surface area contributed by atoms with Crippen LogP contribution in [-0.2, 0) is 6.54 Å². The molecule has 0 amide bonds. The lowest BCUT2D eigenvalue weighted by atomic mass is 10.0. The highest BCUT2D eigenvalue weighted by Crippen LogP contribution is 2.25. The van der Waals surface area contributed by atoms with Gasteiger partial charge in [-0.1, -0.05) is 12.1 Å². The summed E-state index contributed by atoms with van der Waals surface area (Å²) >= 11 is 0. The molecule has 5 nitrogen and oxygen atoms in total. The zero-order valence-corrected chi connectivity index (χ0v) is 15.2. The highest BCUT2D eigenvalue weighted by atomic mass is 19.4. The van der Waals surface area contributed by atoms with Crippen LogP contribution in [-0.4, -0.2) is 23.1 Å². The number of rotatable bonds is 6. The molecule has 28 heavy (non-hydrogen) atoms. The molecule has 0 N–H and O–H groups in total.